The van der Waals surface area contributed by atoms with Crippen LogP contribution in [0.15, 0.2) is 16.8 Å². The summed E-state index contributed by atoms with van der Waals surface area (Å²) in [5.74, 6) is 0. The minimum absolute atomic E-state index is 0.210. The van der Waals surface area contributed by atoms with Crippen LogP contribution in [0, 0.1) is 0 Å². The Bertz CT molecular complexity index is 247. The normalized spacial score (nSPS) is 15.4. The summed E-state index contributed by atoms with van der Waals surface area (Å²) >= 11 is 1.69. The smallest absolute Gasteiger partial charge is 0.0972 e. The Labute approximate surface area is 88.4 Å². The molecule has 1 unspecified atom stereocenters. The number of thiophene rings is 1. The molecule has 1 rings (SSSR count). The van der Waals surface area contributed by atoms with Gasteiger partial charge in [0.1, 0.15) is 0 Å². The molecule has 80 valence electrons. The first-order valence-electron chi connectivity index (χ1n) is 4.69. The zero-order valence-electron chi connectivity index (χ0n) is 8.36. The first-order valence-corrected chi connectivity index (χ1v) is 5.63. The van der Waals surface area contributed by atoms with Crippen LogP contribution in [0.4, 0.5) is 0 Å². The third-order valence-corrected chi connectivity index (χ3v) is 2.75. The van der Waals surface area contributed by atoms with Crippen molar-refractivity contribution in [3.05, 3.63) is 22.4 Å². The Morgan fingerprint density at radius 2 is 2.36 bits per heavy atom. The Hall–Kier alpha value is -0.420. The summed E-state index contributed by atoms with van der Waals surface area (Å²) < 4.78 is 0. The van der Waals surface area contributed by atoms with E-state index in [1.807, 2.05) is 0 Å². The third kappa shape index (κ3) is 4.19. The molecule has 0 aromatic carbocycles. The summed E-state index contributed by atoms with van der Waals surface area (Å²) in [5, 5.41) is 25.5. The lowest BCUT2D eigenvalue weighted by molar-refractivity contribution is 0.00299. The molecule has 0 aliphatic heterocycles. The SMILES string of the molecule is CC(O)(CO)CNCCc1ccsc1. The fraction of sp³-hybridized carbons (Fsp3) is 0.600. The molecule has 0 saturated heterocycles. The van der Waals surface area contributed by atoms with Crippen LogP contribution in [-0.4, -0.2) is 35.5 Å². The first-order chi connectivity index (χ1) is 6.64. The standard InChI is InChI=1S/C10H17NO2S/c1-10(13,8-12)7-11-4-2-9-3-5-14-6-9/h3,5-6,11-13H,2,4,7-8H2,1H3. The van der Waals surface area contributed by atoms with E-state index in [1.165, 1.54) is 5.56 Å². The molecule has 14 heavy (non-hydrogen) atoms. The fourth-order valence-corrected chi connectivity index (χ4v) is 1.78. The van der Waals surface area contributed by atoms with Crippen molar-refractivity contribution in [1.29, 1.82) is 0 Å². The molecule has 0 aliphatic carbocycles. The molecule has 0 spiro atoms. The zero-order valence-corrected chi connectivity index (χ0v) is 9.18. The second-order valence-electron chi connectivity index (χ2n) is 3.71. The molecule has 3 nitrogen and oxygen atoms in total. The molecule has 0 aliphatic rings. The Balaban J connectivity index is 2.11. The van der Waals surface area contributed by atoms with Crippen molar-refractivity contribution in [3.8, 4) is 0 Å². The topological polar surface area (TPSA) is 52.5 Å². The number of hydrogen-bond donors (Lipinski definition) is 3. The maximum atomic E-state index is 9.47. The van der Waals surface area contributed by atoms with E-state index in [0.717, 1.165) is 13.0 Å². The minimum atomic E-state index is -1.01. The zero-order chi connectivity index (χ0) is 10.4. The monoisotopic (exact) mass is 215 g/mol. The first kappa shape index (κ1) is 11.7. The Morgan fingerprint density at radius 3 is 2.93 bits per heavy atom. The number of nitrogens with one attached hydrogen (secondary N) is 1. The summed E-state index contributed by atoms with van der Waals surface area (Å²) in [6, 6.07) is 2.09. The van der Waals surface area contributed by atoms with E-state index >= 15 is 0 Å². The second kappa shape index (κ2) is 5.46. The van der Waals surface area contributed by atoms with E-state index in [4.69, 9.17) is 5.11 Å². The minimum Gasteiger partial charge on any atom is -0.393 e. The lowest BCUT2D eigenvalue weighted by Crippen LogP contribution is -2.41. The molecular formula is C10H17NO2S. The maximum Gasteiger partial charge on any atom is 0.0972 e. The largest absolute Gasteiger partial charge is 0.393 e. The van der Waals surface area contributed by atoms with Crippen molar-refractivity contribution >= 4 is 11.3 Å². The Morgan fingerprint density at radius 1 is 1.57 bits per heavy atom. The van der Waals surface area contributed by atoms with Gasteiger partial charge in [-0.1, -0.05) is 0 Å². The van der Waals surface area contributed by atoms with Crippen LogP contribution >= 0.6 is 11.3 Å². The molecule has 0 saturated carbocycles. The summed E-state index contributed by atoms with van der Waals surface area (Å²) in [6.45, 7) is 2.66. The van der Waals surface area contributed by atoms with Gasteiger partial charge in [-0.2, -0.15) is 11.3 Å². The Kier molecular flexibility index (Phi) is 4.54. The molecule has 1 aromatic rings. The van der Waals surface area contributed by atoms with Gasteiger partial charge in [0, 0.05) is 6.54 Å². The van der Waals surface area contributed by atoms with Crippen LogP contribution in [0.1, 0.15) is 12.5 Å². The molecule has 1 aromatic heterocycles. The highest BCUT2D eigenvalue weighted by Crippen LogP contribution is 2.06. The quantitative estimate of drug-likeness (QED) is 0.610. The molecule has 0 bridgehead atoms. The fourth-order valence-electron chi connectivity index (χ4n) is 1.08. The van der Waals surface area contributed by atoms with Crippen molar-refractivity contribution in [2.75, 3.05) is 19.7 Å². The second-order valence-corrected chi connectivity index (χ2v) is 4.49. The van der Waals surface area contributed by atoms with E-state index in [9.17, 15) is 5.11 Å². The van der Waals surface area contributed by atoms with E-state index in [1.54, 1.807) is 18.3 Å². The van der Waals surface area contributed by atoms with Crippen LogP contribution in [-0.2, 0) is 6.42 Å². The van der Waals surface area contributed by atoms with Gasteiger partial charge in [-0.25, -0.2) is 0 Å². The predicted molar refractivity (Wildman–Crippen MR) is 58.6 cm³/mol. The number of aliphatic hydroxyl groups excluding tert-OH is 1. The lowest BCUT2D eigenvalue weighted by atomic mass is 10.1. The van der Waals surface area contributed by atoms with Gasteiger partial charge in [-0.15, -0.1) is 0 Å². The van der Waals surface area contributed by atoms with Gasteiger partial charge < -0.3 is 15.5 Å². The summed E-state index contributed by atoms with van der Waals surface area (Å²) in [6.07, 6.45) is 0.963. The molecular weight excluding hydrogens is 198 g/mol. The van der Waals surface area contributed by atoms with Crippen molar-refractivity contribution in [3.63, 3.8) is 0 Å². The van der Waals surface area contributed by atoms with E-state index in [0.29, 0.717) is 6.54 Å². The molecule has 0 amide bonds. The highest BCUT2D eigenvalue weighted by atomic mass is 32.1. The average molecular weight is 215 g/mol. The van der Waals surface area contributed by atoms with Gasteiger partial charge >= 0.3 is 0 Å². The van der Waals surface area contributed by atoms with Gasteiger partial charge in [0.25, 0.3) is 0 Å². The molecule has 1 heterocycles. The highest BCUT2D eigenvalue weighted by molar-refractivity contribution is 7.07. The lowest BCUT2D eigenvalue weighted by Gasteiger charge is -2.20. The van der Waals surface area contributed by atoms with Crippen LogP contribution in [0.3, 0.4) is 0 Å². The van der Waals surface area contributed by atoms with Crippen molar-refractivity contribution in [2.24, 2.45) is 0 Å². The molecule has 0 radical (unpaired) electrons. The predicted octanol–water partition coefficient (Wildman–Crippen LogP) is 0.623. The number of aliphatic hydroxyl groups is 2. The van der Waals surface area contributed by atoms with Gasteiger partial charge in [0.2, 0.25) is 0 Å². The average Bonchev–Trinajstić information content (AvgIpc) is 2.65. The summed E-state index contributed by atoms with van der Waals surface area (Å²) in [5.41, 5.74) is 0.306. The van der Waals surface area contributed by atoms with Crippen LogP contribution in [0.2, 0.25) is 0 Å². The van der Waals surface area contributed by atoms with Crippen LogP contribution in [0.25, 0.3) is 0 Å². The van der Waals surface area contributed by atoms with E-state index < -0.39 is 5.60 Å². The van der Waals surface area contributed by atoms with Gasteiger partial charge in [-0.05, 0) is 42.3 Å². The van der Waals surface area contributed by atoms with Gasteiger partial charge in [0.05, 0.1) is 12.2 Å². The summed E-state index contributed by atoms with van der Waals surface area (Å²) in [4.78, 5) is 0. The van der Waals surface area contributed by atoms with Crippen LogP contribution < -0.4 is 5.32 Å². The van der Waals surface area contributed by atoms with E-state index in [2.05, 4.69) is 22.1 Å². The molecule has 4 heteroatoms. The third-order valence-electron chi connectivity index (χ3n) is 2.02. The van der Waals surface area contributed by atoms with Gasteiger partial charge in [0.15, 0.2) is 0 Å². The molecule has 3 N–H and O–H groups in total. The van der Waals surface area contributed by atoms with Crippen molar-refractivity contribution in [2.45, 2.75) is 18.9 Å². The van der Waals surface area contributed by atoms with Crippen molar-refractivity contribution < 1.29 is 10.2 Å². The number of hydrogen-bond acceptors (Lipinski definition) is 4. The molecule has 1 atom stereocenters. The summed E-state index contributed by atoms with van der Waals surface area (Å²) in [7, 11) is 0. The van der Waals surface area contributed by atoms with E-state index in [-0.39, 0.29) is 6.61 Å². The highest BCUT2D eigenvalue weighted by Gasteiger charge is 2.17. The van der Waals surface area contributed by atoms with Gasteiger partial charge in [-0.3, -0.25) is 0 Å². The van der Waals surface area contributed by atoms with Crippen LogP contribution in [0.5, 0.6) is 0 Å². The van der Waals surface area contributed by atoms with Crippen molar-refractivity contribution in [1.82, 2.24) is 5.32 Å². The molecule has 0 fully saturated rings. The number of rotatable bonds is 6. The maximum absolute atomic E-state index is 9.47.